The molecule has 0 amide bonds. The summed E-state index contributed by atoms with van der Waals surface area (Å²) in [6.07, 6.45) is 5.28. The summed E-state index contributed by atoms with van der Waals surface area (Å²) >= 11 is 0. The van der Waals surface area contributed by atoms with Gasteiger partial charge in [-0.3, -0.25) is 0 Å². The predicted molar refractivity (Wildman–Crippen MR) is 57.3 cm³/mol. The Morgan fingerprint density at radius 3 is 2.21 bits per heavy atom. The average Bonchev–Trinajstić information content (AvgIpc) is 2.06. The molecule has 0 saturated carbocycles. The van der Waals surface area contributed by atoms with Crippen LogP contribution in [0, 0.1) is 0 Å². The lowest BCUT2D eigenvalue weighted by atomic mass is 10.2. The molecule has 1 aromatic rings. The molecule has 0 spiro atoms. The molecule has 2 nitrogen and oxygen atoms in total. The molecule has 2 heteroatoms. The number of nitrogens with zero attached hydrogens (tertiary/aromatic N) is 1. The van der Waals surface area contributed by atoms with Crippen LogP contribution < -0.4 is 9.30 Å². The van der Waals surface area contributed by atoms with E-state index in [4.69, 9.17) is 4.74 Å². The summed E-state index contributed by atoms with van der Waals surface area (Å²) in [5.41, 5.74) is -0.114. The number of aromatic nitrogens is 1. The van der Waals surface area contributed by atoms with E-state index in [9.17, 15) is 0 Å². The van der Waals surface area contributed by atoms with Gasteiger partial charge >= 0.3 is 0 Å². The van der Waals surface area contributed by atoms with Crippen molar-refractivity contribution in [2.24, 2.45) is 0 Å². The number of pyridine rings is 1. The lowest BCUT2D eigenvalue weighted by Gasteiger charge is -2.20. The SMILES string of the molecule is CCC[n+]1ccc(OC(C)(C)C)cc1. The highest BCUT2D eigenvalue weighted by atomic mass is 16.5. The zero-order valence-corrected chi connectivity index (χ0v) is 9.58. The van der Waals surface area contributed by atoms with E-state index in [1.54, 1.807) is 0 Å². The van der Waals surface area contributed by atoms with Crippen LogP contribution in [-0.4, -0.2) is 5.60 Å². The Bertz CT molecular complexity index is 271. The summed E-state index contributed by atoms with van der Waals surface area (Å²) in [7, 11) is 0. The van der Waals surface area contributed by atoms with E-state index in [2.05, 4.69) is 44.7 Å². The molecule has 0 N–H and O–H groups in total. The van der Waals surface area contributed by atoms with Crippen molar-refractivity contribution in [1.29, 1.82) is 0 Å². The summed E-state index contributed by atoms with van der Waals surface area (Å²) in [5, 5.41) is 0. The van der Waals surface area contributed by atoms with Gasteiger partial charge in [-0.05, 0) is 20.8 Å². The van der Waals surface area contributed by atoms with Crippen LogP contribution in [-0.2, 0) is 6.54 Å². The maximum absolute atomic E-state index is 5.72. The fraction of sp³-hybridized carbons (Fsp3) is 0.583. The number of hydrogen-bond acceptors (Lipinski definition) is 1. The highest BCUT2D eigenvalue weighted by Gasteiger charge is 2.12. The fourth-order valence-corrected chi connectivity index (χ4v) is 1.27. The molecule has 78 valence electrons. The Kier molecular flexibility index (Phi) is 3.50. The minimum atomic E-state index is -0.114. The van der Waals surface area contributed by atoms with E-state index in [1.165, 1.54) is 0 Å². The zero-order chi connectivity index (χ0) is 10.6. The second kappa shape index (κ2) is 4.45. The van der Waals surface area contributed by atoms with E-state index in [0.717, 1.165) is 18.7 Å². The van der Waals surface area contributed by atoms with Crippen molar-refractivity contribution >= 4 is 0 Å². The molecule has 0 atom stereocenters. The van der Waals surface area contributed by atoms with Gasteiger partial charge in [0.15, 0.2) is 12.4 Å². The third-order valence-electron chi connectivity index (χ3n) is 1.77. The molecule has 0 bridgehead atoms. The standard InChI is InChI=1S/C12H20NO/c1-5-8-13-9-6-11(7-10-13)14-12(2,3)4/h6-7,9-10H,5,8H2,1-4H3/q+1. The molecule has 1 rings (SSSR count). The third-order valence-corrected chi connectivity index (χ3v) is 1.77. The quantitative estimate of drug-likeness (QED) is 0.674. The smallest absolute Gasteiger partial charge is 0.172 e. The largest absolute Gasteiger partial charge is 0.488 e. The van der Waals surface area contributed by atoms with Crippen LogP contribution in [0.1, 0.15) is 34.1 Å². The first-order valence-corrected chi connectivity index (χ1v) is 5.19. The van der Waals surface area contributed by atoms with Crippen LogP contribution in [0.5, 0.6) is 5.75 Å². The average molecular weight is 194 g/mol. The second-order valence-corrected chi connectivity index (χ2v) is 4.49. The summed E-state index contributed by atoms with van der Waals surface area (Å²) in [6, 6.07) is 4.03. The molecule has 0 aliphatic carbocycles. The first-order valence-electron chi connectivity index (χ1n) is 5.19. The normalized spacial score (nSPS) is 11.4. The van der Waals surface area contributed by atoms with Crippen molar-refractivity contribution in [3.8, 4) is 5.75 Å². The van der Waals surface area contributed by atoms with Gasteiger partial charge in [0.05, 0.1) is 0 Å². The Morgan fingerprint density at radius 1 is 1.21 bits per heavy atom. The van der Waals surface area contributed by atoms with Gasteiger partial charge in [-0.25, -0.2) is 4.57 Å². The molecule has 0 aliphatic heterocycles. The molecule has 1 heterocycles. The summed E-state index contributed by atoms with van der Waals surface area (Å²) < 4.78 is 7.88. The van der Waals surface area contributed by atoms with Crippen molar-refractivity contribution in [2.75, 3.05) is 0 Å². The van der Waals surface area contributed by atoms with Gasteiger partial charge in [-0.2, -0.15) is 0 Å². The van der Waals surface area contributed by atoms with Crippen LogP contribution in [0.2, 0.25) is 0 Å². The second-order valence-electron chi connectivity index (χ2n) is 4.49. The topological polar surface area (TPSA) is 13.1 Å². The Labute approximate surface area is 86.5 Å². The van der Waals surface area contributed by atoms with Crippen molar-refractivity contribution in [3.05, 3.63) is 24.5 Å². The minimum Gasteiger partial charge on any atom is -0.488 e. The molecule has 0 aliphatic rings. The molecule has 0 radical (unpaired) electrons. The molecule has 0 unspecified atom stereocenters. The van der Waals surface area contributed by atoms with Gasteiger partial charge in [0.25, 0.3) is 0 Å². The Hall–Kier alpha value is -1.05. The van der Waals surface area contributed by atoms with Crippen LogP contribution in [0.25, 0.3) is 0 Å². The Balaban J connectivity index is 2.64. The van der Waals surface area contributed by atoms with Gasteiger partial charge in [0.1, 0.15) is 17.9 Å². The molecule has 1 aromatic heterocycles. The van der Waals surface area contributed by atoms with Crippen molar-refractivity contribution in [3.63, 3.8) is 0 Å². The van der Waals surface area contributed by atoms with Crippen LogP contribution in [0.3, 0.4) is 0 Å². The molecule has 0 saturated heterocycles. The van der Waals surface area contributed by atoms with Crippen molar-refractivity contribution < 1.29 is 9.30 Å². The first-order chi connectivity index (χ1) is 6.51. The van der Waals surface area contributed by atoms with E-state index in [1.807, 2.05) is 12.1 Å². The van der Waals surface area contributed by atoms with Gasteiger partial charge in [0, 0.05) is 18.6 Å². The van der Waals surface area contributed by atoms with Gasteiger partial charge in [-0.15, -0.1) is 0 Å². The van der Waals surface area contributed by atoms with E-state index in [0.29, 0.717) is 0 Å². The lowest BCUT2D eigenvalue weighted by Crippen LogP contribution is -2.32. The zero-order valence-electron chi connectivity index (χ0n) is 9.58. The first kappa shape index (κ1) is 11.0. The highest BCUT2D eigenvalue weighted by Crippen LogP contribution is 2.15. The van der Waals surface area contributed by atoms with Crippen LogP contribution >= 0.6 is 0 Å². The van der Waals surface area contributed by atoms with E-state index < -0.39 is 0 Å². The third kappa shape index (κ3) is 3.77. The molecule has 14 heavy (non-hydrogen) atoms. The number of ether oxygens (including phenoxy) is 1. The number of hydrogen-bond donors (Lipinski definition) is 0. The van der Waals surface area contributed by atoms with Crippen molar-refractivity contribution in [1.82, 2.24) is 0 Å². The fourth-order valence-electron chi connectivity index (χ4n) is 1.27. The molecule has 0 aromatic carbocycles. The van der Waals surface area contributed by atoms with Gasteiger partial charge in [0.2, 0.25) is 0 Å². The van der Waals surface area contributed by atoms with Gasteiger partial charge in [-0.1, -0.05) is 6.92 Å². The maximum Gasteiger partial charge on any atom is 0.172 e. The summed E-state index contributed by atoms with van der Waals surface area (Å²) in [6.45, 7) is 9.41. The van der Waals surface area contributed by atoms with Crippen LogP contribution in [0.4, 0.5) is 0 Å². The Morgan fingerprint density at radius 2 is 1.79 bits per heavy atom. The minimum absolute atomic E-state index is 0.114. The molecular formula is C12H20NO+. The van der Waals surface area contributed by atoms with Crippen molar-refractivity contribution in [2.45, 2.75) is 46.3 Å². The predicted octanol–water partition coefficient (Wildman–Crippen LogP) is 2.56. The number of rotatable bonds is 3. The molecular weight excluding hydrogens is 174 g/mol. The lowest BCUT2D eigenvalue weighted by molar-refractivity contribution is -0.697. The summed E-state index contributed by atoms with van der Waals surface area (Å²) in [5.74, 6) is 0.935. The van der Waals surface area contributed by atoms with Crippen LogP contribution in [0.15, 0.2) is 24.5 Å². The molecule has 0 fully saturated rings. The summed E-state index contributed by atoms with van der Waals surface area (Å²) in [4.78, 5) is 0. The van der Waals surface area contributed by atoms with E-state index >= 15 is 0 Å². The highest BCUT2D eigenvalue weighted by molar-refractivity contribution is 5.15. The number of aryl methyl sites for hydroxylation is 1. The maximum atomic E-state index is 5.72. The van der Waals surface area contributed by atoms with Gasteiger partial charge < -0.3 is 4.74 Å². The monoisotopic (exact) mass is 194 g/mol. The van der Waals surface area contributed by atoms with E-state index in [-0.39, 0.29) is 5.60 Å².